The van der Waals surface area contributed by atoms with Crippen molar-refractivity contribution in [3.05, 3.63) is 70.3 Å². The Hall–Kier alpha value is -2.59. The van der Waals surface area contributed by atoms with Gasteiger partial charge >= 0.3 is 0 Å². The van der Waals surface area contributed by atoms with Crippen molar-refractivity contribution in [2.45, 2.75) is 56.5 Å². The summed E-state index contributed by atoms with van der Waals surface area (Å²) in [5.41, 5.74) is 3.20. The van der Waals surface area contributed by atoms with Gasteiger partial charge in [-0.15, -0.1) is 0 Å². The molecule has 2 aliphatic carbocycles. The number of hydrogen-bond acceptors (Lipinski definition) is 7. The van der Waals surface area contributed by atoms with Crippen molar-refractivity contribution in [1.82, 2.24) is 4.72 Å². The molecule has 2 heterocycles. The summed E-state index contributed by atoms with van der Waals surface area (Å²) in [5, 5.41) is 21.6. The number of nitrogens with one attached hydrogen (secondary N) is 1. The van der Waals surface area contributed by atoms with Gasteiger partial charge in [0, 0.05) is 41.6 Å². The number of nitrogens with zero attached hydrogens (tertiary/aromatic N) is 1. The maximum absolute atomic E-state index is 13.2. The molecule has 0 unspecified atom stereocenters. The van der Waals surface area contributed by atoms with Gasteiger partial charge in [0.2, 0.25) is 10.0 Å². The average Bonchev–Trinajstić information content (AvgIpc) is 3.08. The van der Waals surface area contributed by atoms with Gasteiger partial charge in [0.05, 0.1) is 24.2 Å². The summed E-state index contributed by atoms with van der Waals surface area (Å²) < 4.78 is 34.5. The van der Waals surface area contributed by atoms with Gasteiger partial charge in [0.1, 0.15) is 5.75 Å². The molecule has 0 radical (unpaired) electrons. The van der Waals surface area contributed by atoms with E-state index in [1.54, 1.807) is 18.2 Å². The summed E-state index contributed by atoms with van der Waals surface area (Å²) >= 11 is 6.38. The van der Waals surface area contributed by atoms with Gasteiger partial charge in [0.15, 0.2) is 0 Å². The van der Waals surface area contributed by atoms with Gasteiger partial charge in [0.25, 0.3) is 5.91 Å². The van der Waals surface area contributed by atoms with Crippen LogP contribution in [-0.4, -0.2) is 62.7 Å². The highest BCUT2D eigenvalue weighted by molar-refractivity contribution is 7.90. The molecule has 10 heteroatoms. The number of aryl methyl sites for hydroxylation is 1. The number of aliphatic hydroxyl groups excluding tert-OH is 2. The van der Waals surface area contributed by atoms with Crippen molar-refractivity contribution in [3.8, 4) is 5.75 Å². The number of halogens is 1. The third kappa shape index (κ3) is 5.94. The van der Waals surface area contributed by atoms with Crippen molar-refractivity contribution in [2.75, 3.05) is 37.0 Å². The van der Waals surface area contributed by atoms with Crippen molar-refractivity contribution >= 4 is 33.2 Å². The van der Waals surface area contributed by atoms with Crippen LogP contribution in [0.1, 0.15) is 60.0 Å². The Balaban J connectivity index is 1.40. The highest BCUT2D eigenvalue weighted by atomic mass is 35.5. The number of aliphatic hydroxyl groups is 2. The fraction of sp³-hybridized carbons (Fsp3) is 0.531. The Labute approximate surface area is 252 Å². The van der Waals surface area contributed by atoms with Crippen LogP contribution in [0.25, 0.3) is 0 Å². The molecular weight excluding hydrogens is 576 g/mol. The minimum absolute atomic E-state index is 0.145. The van der Waals surface area contributed by atoms with E-state index in [1.165, 1.54) is 11.1 Å². The first kappa shape index (κ1) is 29.5. The third-order valence-electron chi connectivity index (χ3n) is 9.70. The molecule has 1 spiro atoms. The molecule has 2 aliphatic heterocycles. The summed E-state index contributed by atoms with van der Waals surface area (Å²) in [7, 11) is -3.99. The standard InChI is InChI=1S/C32H39ClN2O6S/c33-25-9-11-27-22(14-25)5-3-13-32(27)19-35-16-24-7-10-26(24)29(37)6-2-1-4-21(17-36)18-42(39,40)34-31(38)23-8-12-30(41-20-32)28(35)15-23/h1-2,8-9,11-12,14-15,21,24,26,29,36-37H,3-7,10,13,16-20H2,(H,34,38)/b2-1+/t21-,24+,26-,29+,32+/m1/s1. The van der Waals surface area contributed by atoms with Crippen LogP contribution in [-0.2, 0) is 21.9 Å². The number of carbonyl (C=O) groups excluding carboxylic acids is 1. The Kier molecular flexibility index (Phi) is 8.30. The van der Waals surface area contributed by atoms with E-state index < -0.39 is 28.0 Å². The molecule has 5 atom stereocenters. The number of anilines is 1. The zero-order valence-corrected chi connectivity index (χ0v) is 25.2. The molecule has 8 nitrogen and oxygen atoms in total. The maximum Gasteiger partial charge on any atom is 0.264 e. The fourth-order valence-electron chi connectivity index (χ4n) is 7.31. The summed E-state index contributed by atoms with van der Waals surface area (Å²) in [5.74, 6) is -0.571. The van der Waals surface area contributed by atoms with Crippen LogP contribution in [0, 0.1) is 17.8 Å². The number of allylic oxidation sites excluding steroid dienone is 1. The smallest absolute Gasteiger partial charge is 0.264 e. The van der Waals surface area contributed by atoms with Crippen molar-refractivity contribution in [2.24, 2.45) is 17.8 Å². The van der Waals surface area contributed by atoms with E-state index in [0.717, 1.165) is 42.8 Å². The zero-order valence-electron chi connectivity index (χ0n) is 23.7. The predicted molar refractivity (Wildman–Crippen MR) is 163 cm³/mol. The molecule has 0 saturated heterocycles. The SMILES string of the molecule is O=C1NS(=O)(=O)C[C@@H](CO)C/C=C/C[C@H](O)[C@@H]2CC[C@H]2CN2C[C@@]3(CCCc4cc(Cl)ccc43)COc3ccc1cc32. The molecule has 3 N–H and O–H groups in total. The number of benzene rings is 2. The van der Waals surface area contributed by atoms with E-state index in [0.29, 0.717) is 38.3 Å². The minimum atomic E-state index is -3.99. The fourth-order valence-corrected chi connectivity index (χ4v) is 8.85. The Morgan fingerprint density at radius 2 is 1.95 bits per heavy atom. The van der Waals surface area contributed by atoms with Crippen molar-refractivity contribution < 1.29 is 28.2 Å². The zero-order chi connectivity index (χ0) is 29.5. The van der Waals surface area contributed by atoms with Crippen LogP contribution in [0.2, 0.25) is 5.02 Å². The summed E-state index contributed by atoms with van der Waals surface area (Å²) in [6.07, 6.45) is 8.89. The third-order valence-corrected chi connectivity index (χ3v) is 11.3. The van der Waals surface area contributed by atoms with Crippen LogP contribution >= 0.6 is 11.6 Å². The number of rotatable bonds is 1. The summed E-state index contributed by atoms with van der Waals surface area (Å²) in [4.78, 5) is 15.5. The predicted octanol–water partition coefficient (Wildman–Crippen LogP) is 4.22. The van der Waals surface area contributed by atoms with Crippen molar-refractivity contribution in [1.29, 1.82) is 0 Å². The van der Waals surface area contributed by atoms with Gasteiger partial charge in [-0.3, -0.25) is 4.79 Å². The first-order valence-corrected chi connectivity index (χ1v) is 17.0. The minimum Gasteiger partial charge on any atom is -0.490 e. The van der Waals surface area contributed by atoms with Crippen molar-refractivity contribution in [3.63, 3.8) is 0 Å². The molecule has 1 saturated carbocycles. The second-order valence-electron chi connectivity index (χ2n) is 12.6. The molecule has 2 aromatic rings. The monoisotopic (exact) mass is 614 g/mol. The highest BCUT2D eigenvalue weighted by Crippen LogP contribution is 2.46. The Morgan fingerprint density at radius 1 is 1.12 bits per heavy atom. The lowest BCUT2D eigenvalue weighted by Gasteiger charge is -2.45. The summed E-state index contributed by atoms with van der Waals surface area (Å²) in [6, 6.07) is 11.2. The first-order chi connectivity index (χ1) is 20.2. The number of ether oxygens (including phenoxy) is 1. The largest absolute Gasteiger partial charge is 0.490 e. The normalized spacial score (nSPS) is 31.8. The number of carbonyl (C=O) groups is 1. The molecule has 0 aromatic heterocycles. The van der Waals surface area contributed by atoms with Gasteiger partial charge < -0.3 is 19.8 Å². The van der Waals surface area contributed by atoms with E-state index in [4.69, 9.17) is 16.3 Å². The lowest BCUT2D eigenvalue weighted by atomic mass is 9.68. The quantitative estimate of drug-likeness (QED) is 0.412. The Bertz CT molecular complexity index is 1480. The topological polar surface area (TPSA) is 116 Å². The van der Waals surface area contributed by atoms with Gasteiger partial charge in [-0.2, -0.15) is 0 Å². The highest BCUT2D eigenvalue weighted by Gasteiger charge is 2.44. The first-order valence-electron chi connectivity index (χ1n) is 15.0. The van der Waals surface area contributed by atoms with E-state index in [1.807, 2.05) is 18.2 Å². The van der Waals surface area contributed by atoms with Crippen LogP contribution in [0.3, 0.4) is 0 Å². The lowest BCUT2D eigenvalue weighted by Crippen LogP contribution is -2.49. The lowest BCUT2D eigenvalue weighted by molar-refractivity contribution is 0.0177. The molecule has 4 aliphatic rings. The number of amides is 1. The summed E-state index contributed by atoms with van der Waals surface area (Å²) in [6.45, 7) is 1.53. The molecule has 2 aromatic carbocycles. The molecule has 226 valence electrons. The number of fused-ring (bicyclic) bond motifs is 4. The van der Waals surface area contributed by atoms with Gasteiger partial charge in [-0.25, -0.2) is 13.1 Å². The van der Waals surface area contributed by atoms with Crippen LogP contribution in [0.5, 0.6) is 5.75 Å². The second-order valence-corrected chi connectivity index (χ2v) is 14.8. The molecule has 42 heavy (non-hydrogen) atoms. The van der Waals surface area contributed by atoms with E-state index in [9.17, 15) is 23.4 Å². The van der Waals surface area contributed by atoms with E-state index in [-0.39, 0.29) is 35.2 Å². The Morgan fingerprint density at radius 3 is 2.74 bits per heavy atom. The molecular formula is C32H39ClN2O6S. The second kappa shape index (κ2) is 11.8. The molecule has 1 fully saturated rings. The van der Waals surface area contributed by atoms with Crippen LogP contribution in [0.4, 0.5) is 5.69 Å². The molecule has 1 amide bonds. The van der Waals surface area contributed by atoms with Gasteiger partial charge in [-0.1, -0.05) is 29.8 Å². The molecule has 2 bridgehead atoms. The van der Waals surface area contributed by atoms with Gasteiger partial charge in [-0.05, 0) is 98.2 Å². The average molecular weight is 615 g/mol. The van der Waals surface area contributed by atoms with Crippen LogP contribution < -0.4 is 14.4 Å². The maximum atomic E-state index is 13.2. The number of hydrogen-bond donors (Lipinski definition) is 3. The molecule has 6 rings (SSSR count). The van der Waals surface area contributed by atoms with E-state index in [2.05, 4.69) is 21.8 Å². The number of sulfonamides is 1. The van der Waals surface area contributed by atoms with Crippen LogP contribution in [0.15, 0.2) is 48.6 Å². The van der Waals surface area contributed by atoms with E-state index >= 15 is 0 Å².